The number of ether oxygens (including phenoxy) is 1. The summed E-state index contributed by atoms with van der Waals surface area (Å²) in [6.07, 6.45) is 1.75. The third-order valence-corrected chi connectivity index (χ3v) is 6.07. The fourth-order valence-electron chi connectivity index (χ4n) is 3.07. The smallest absolute Gasteiger partial charge is 0.285 e. The summed E-state index contributed by atoms with van der Waals surface area (Å²) in [5.74, 6) is -0.868. The van der Waals surface area contributed by atoms with E-state index in [1.54, 1.807) is 6.08 Å². The topological polar surface area (TPSA) is 82.1 Å². The van der Waals surface area contributed by atoms with Crippen molar-refractivity contribution in [1.82, 2.24) is 10.4 Å². The molecule has 0 radical (unpaired) electrons. The summed E-state index contributed by atoms with van der Waals surface area (Å²) in [5.41, 5.74) is 4.72. The van der Waals surface area contributed by atoms with Crippen molar-refractivity contribution in [3.63, 3.8) is 0 Å². The lowest BCUT2D eigenvalue weighted by Gasteiger charge is -2.20. The van der Waals surface area contributed by atoms with Gasteiger partial charge in [0, 0.05) is 24.3 Å². The van der Waals surface area contributed by atoms with Crippen LogP contribution in [0.25, 0.3) is 6.08 Å². The molecule has 7 nitrogen and oxygen atoms in total. The third kappa shape index (κ3) is 5.00. The number of anilines is 1. The molecule has 2 aromatic carbocycles. The molecule has 162 valence electrons. The molecule has 9 heteroatoms. The maximum atomic E-state index is 12.8. The van der Waals surface area contributed by atoms with E-state index < -0.39 is 11.8 Å². The monoisotopic (exact) mass is 457 g/mol. The number of nitrogens with zero attached hydrogens (tertiary/aromatic N) is 2. The van der Waals surface area contributed by atoms with Crippen molar-refractivity contribution >= 4 is 51.9 Å². The van der Waals surface area contributed by atoms with Crippen molar-refractivity contribution < 1.29 is 19.4 Å². The second kappa shape index (κ2) is 9.84. The Hall–Kier alpha value is -3.04. The van der Waals surface area contributed by atoms with Crippen LogP contribution >= 0.6 is 24.0 Å². The predicted octanol–water partition coefficient (Wildman–Crippen LogP) is 3.79. The van der Waals surface area contributed by atoms with Crippen molar-refractivity contribution in [1.29, 1.82) is 0 Å². The number of nitrogens with one attached hydrogen (secondary N) is 1. The minimum Gasteiger partial charge on any atom is -0.504 e. The molecule has 0 aliphatic carbocycles. The minimum atomic E-state index is -0.542. The molecule has 0 aromatic heterocycles. The van der Waals surface area contributed by atoms with Crippen LogP contribution < -0.4 is 15.1 Å². The summed E-state index contributed by atoms with van der Waals surface area (Å²) in [5, 5.41) is 10.7. The zero-order valence-corrected chi connectivity index (χ0v) is 19.0. The number of hydrogen-bond donors (Lipinski definition) is 2. The molecule has 2 amide bonds. The van der Waals surface area contributed by atoms with Crippen molar-refractivity contribution in [3.05, 3.63) is 58.5 Å². The van der Waals surface area contributed by atoms with Crippen LogP contribution in [0.5, 0.6) is 11.5 Å². The van der Waals surface area contributed by atoms with E-state index in [1.807, 2.05) is 24.3 Å². The highest BCUT2D eigenvalue weighted by atomic mass is 32.2. The third-order valence-electron chi connectivity index (χ3n) is 4.77. The highest BCUT2D eigenvalue weighted by Crippen LogP contribution is 2.32. The van der Waals surface area contributed by atoms with E-state index >= 15 is 0 Å². The van der Waals surface area contributed by atoms with Gasteiger partial charge in [0.25, 0.3) is 11.8 Å². The zero-order valence-electron chi connectivity index (χ0n) is 17.4. The standard InChI is InChI=1S/C22H23N3O4S2/c1-4-24(5-2)16-9-6-14(7-10-16)12-19-21(28)25(22(30)31-19)23-20(27)15-8-11-17(26)18(13-15)29-3/h6-13,26H,4-5H2,1-3H3,(H,23,27)/b19-12-. The lowest BCUT2D eigenvalue weighted by molar-refractivity contribution is -0.123. The van der Waals surface area contributed by atoms with E-state index in [0.717, 1.165) is 41.1 Å². The van der Waals surface area contributed by atoms with Crippen molar-refractivity contribution in [2.75, 3.05) is 25.1 Å². The molecule has 0 saturated carbocycles. The van der Waals surface area contributed by atoms with Gasteiger partial charge in [0.15, 0.2) is 15.8 Å². The molecule has 1 fully saturated rings. The number of aromatic hydroxyl groups is 1. The Balaban J connectivity index is 1.74. The fourth-order valence-corrected chi connectivity index (χ4v) is 4.25. The number of hydrogen-bond acceptors (Lipinski definition) is 7. The van der Waals surface area contributed by atoms with E-state index in [4.69, 9.17) is 17.0 Å². The summed E-state index contributed by atoms with van der Waals surface area (Å²) >= 11 is 6.40. The van der Waals surface area contributed by atoms with E-state index in [0.29, 0.717) is 4.91 Å². The van der Waals surface area contributed by atoms with E-state index in [2.05, 4.69) is 24.2 Å². The quantitative estimate of drug-likeness (QED) is 0.483. The van der Waals surface area contributed by atoms with Crippen LogP contribution in [0.2, 0.25) is 0 Å². The molecular weight excluding hydrogens is 434 g/mol. The van der Waals surface area contributed by atoms with Gasteiger partial charge in [0.05, 0.1) is 12.0 Å². The summed E-state index contributed by atoms with van der Waals surface area (Å²) in [6.45, 7) is 6.04. The first-order valence-electron chi connectivity index (χ1n) is 9.68. The number of amides is 2. The number of phenolic OH excluding ortho intramolecular Hbond substituents is 1. The molecule has 3 rings (SSSR count). The maximum absolute atomic E-state index is 12.8. The lowest BCUT2D eigenvalue weighted by Crippen LogP contribution is -2.44. The van der Waals surface area contributed by atoms with Crippen LogP contribution in [0.3, 0.4) is 0 Å². The summed E-state index contributed by atoms with van der Waals surface area (Å²) in [6, 6.07) is 12.1. The maximum Gasteiger partial charge on any atom is 0.285 e. The largest absolute Gasteiger partial charge is 0.504 e. The van der Waals surface area contributed by atoms with Gasteiger partial charge in [-0.1, -0.05) is 23.9 Å². The molecule has 0 bridgehead atoms. The molecule has 1 saturated heterocycles. The van der Waals surface area contributed by atoms with Gasteiger partial charge < -0.3 is 14.7 Å². The number of rotatable bonds is 7. The number of methoxy groups -OCH3 is 1. The number of thiocarbonyl (C=S) groups is 1. The van der Waals surface area contributed by atoms with E-state index in [9.17, 15) is 14.7 Å². The number of phenols is 1. The van der Waals surface area contributed by atoms with Crippen LogP contribution in [-0.4, -0.2) is 46.4 Å². The Morgan fingerprint density at radius 1 is 1.23 bits per heavy atom. The minimum absolute atomic E-state index is 0.0837. The molecule has 0 atom stereocenters. The number of carbonyl (C=O) groups excluding carboxylic acids is 2. The molecule has 2 aromatic rings. The lowest BCUT2D eigenvalue weighted by atomic mass is 10.1. The van der Waals surface area contributed by atoms with Gasteiger partial charge in [-0.25, -0.2) is 0 Å². The number of carbonyl (C=O) groups is 2. The fraction of sp³-hybridized carbons (Fsp3) is 0.227. The number of hydrazine groups is 1. The SMILES string of the molecule is CCN(CC)c1ccc(/C=C2\SC(=S)N(NC(=O)c3ccc(O)c(OC)c3)C2=O)cc1. The molecule has 2 N–H and O–H groups in total. The normalized spacial score (nSPS) is 14.8. The van der Waals surface area contributed by atoms with Gasteiger partial charge >= 0.3 is 0 Å². The van der Waals surface area contributed by atoms with E-state index in [-0.39, 0.29) is 21.4 Å². The Morgan fingerprint density at radius 3 is 2.52 bits per heavy atom. The Morgan fingerprint density at radius 2 is 1.90 bits per heavy atom. The summed E-state index contributed by atoms with van der Waals surface area (Å²) in [4.78, 5) is 28.0. The average Bonchev–Trinajstić information content (AvgIpc) is 3.03. The van der Waals surface area contributed by atoms with Gasteiger partial charge in [0.2, 0.25) is 0 Å². The van der Waals surface area contributed by atoms with Crippen molar-refractivity contribution in [3.8, 4) is 11.5 Å². The van der Waals surface area contributed by atoms with Crippen LogP contribution in [0.1, 0.15) is 29.8 Å². The molecule has 31 heavy (non-hydrogen) atoms. The van der Waals surface area contributed by atoms with E-state index in [1.165, 1.54) is 25.3 Å². The van der Waals surface area contributed by atoms with Crippen LogP contribution in [0, 0.1) is 0 Å². The highest BCUT2D eigenvalue weighted by molar-refractivity contribution is 8.26. The van der Waals surface area contributed by atoms with Crippen LogP contribution in [0.4, 0.5) is 5.69 Å². The van der Waals surface area contributed by atoms with Gasteiger partial charge in [-0.15, -0.1) is 0 Å². The Bertz CT molecular complexity index is 1030. The molecule has 0 unspecified atom stereocenters. The molecular formula is C22H23N3O4S2. The van der Waals surface area contributed by atoms with Crippen molar-refractivity contribution in [2.45, 2.75) is 13.8 Å². The Labute approximate surface area is 190 Å². The number of benzene rings is 2. The van der Waals surface area contributed by atoms with Crippen LogP contribution in [-0.2, 0) is 4.79 Å². The molecule has 1 aliphatic heterocycles. The van der Waals surface area contributed by atoms with Crippen molar-refractivity contribution in [2.24, 2.45) is 0 Å². The summed E-state index contributed by atoms with van der Waals surface area (Å²) < 4.78 is 5.25. The molecule has 1 heterocycles. The van der Waals surface area contributed by atoms with Gasteiger partial charge in [0.1, 0.15) is 0 Å². The summed E-state index contributed by atoms with van der Waals surface area (Å²) in [7, 11) is 1.39. The second-order valence-electron chi connectivity index (χ2n) is 6.61. The zero-order chi connectivity index (χ0) is 22.5. The second-order valence-corrected chi connectivity index (χ2v) is 8.28. The average molecular weight is 458 g/mol. The molecule has 0 spiro atoms. The first kappa shape index (κ1) is 22.6. The van der Waals surface area contributed by atoms with Gasteiger partial charge in [-0.2, -0.15) is 5.01 Å². The predicted molar refractivity (Wildman–Crippen MR) is 127 cm³/mol. The molecule has 1 aliphatic rings. The Kier molecular flexibility index (Phi) is 7.19. The first-order valence-corrected chi connectivity index (χ1v) is 10.9. The first-order chi connectivity index (χ1) is 14.9. The number of thioether (sulfide) groups is 1. The van der Waals surface area contributed by atoms with Gasteiger partial charge in [-0.3, -0.25) is 15.0 Å². The van der Waals surface area contributed by atoms with Gasteiger partial charge in [-0.05, 0) is 68.0 Å². The highest BCUT2D eigenvalue weighted by Gasteiger charge is 2.33. The van der Waals surface area contributed by atoms with Crippen LogP contribution in [0.15, 0.2) is 47.4 Å².